The van der Waals surface area contributed by atoms with Crippen molar-refractivity contribution in [3.8, 4) is 5.75 Å². The third-order valence-electron chi connectivity index (χ3n) is 5.01. The highest BCUT2D eigenvalue weighted by Gasteiger charge is 2.27. The number of nitrogens with zero attached hydrogens (tertiary/aromatic N) is 1. The lowest BCUT2D eigenvalue weighted by Gasteiger charge is -2.28. The molecule has 0 atom stereocenters. The molecule has 2 aromatic rings. The summed E-state index contributed by atoms with van der Waals surface area (Å²) in [6.45, 7) is 5.63. The molecule has 1 fully saturated rings. The molecule has 1 amide bonds. The summed E-state index contributed by atoms with van der Waals surface area (Å²) in [5.41, 5.74) is 4.96. The molecule has 0 radical (unpaired) electrons. The number of amides is 1. The Hall–Kier alpha value is -2.18. The number of carbonyl (C=O) groups excluding carboxylic acids is 1. The third kappa shape index (κ3) is 6.17. The van der Waals surface area contributed by atoms with Crippen molar-refractivity contribution in [1.82, 2.24) is 5.43 Å². The summed E-state index contributed by atoms with van der Waals surface area (Å²) in [4.78, 5) is 13.9. The smallest absolute Gasteiger partial charge is 0.243 e. The highest BCUT2D eigenvalue weighted by atomic mass is 79.9. The molecule has 0 unspecified atom stereocenters. The van der Waals surface area contributed by atoms with E-state index in [9.17, 15) is 4.79 Å². The molecule has 1 aliphatic heterocycles. The van der Waals surface area contributed by atoms with Crippen molar-refractivity contribution in [2.75, 3.05) is 19.7 Å². The second-order valence-corrected chi connectivity index (χ2v) is 7.98. The van der Waals surface area contributed by atoms with Crippen LogP contribution >= 0.6 is 15.9 Å². The Labute approximate surface area is 174 Å². The van der Waals surface area contributed by atoms with E-state index in [-0.39, 0.29) is 11.8 Å². The maximum Gasteiger partial charge on any atom is 0.243 e. The SMILES string of the molecule is CCOc1ccc(/C=N\NC(=O)C2CC[NH+](Cc3ccc(Br)cc3)CC2)cc1. The largest absolute Gasteiger partial charge is 0.494 e. The first-order valence-electron chi connectivity index (χ1n) is 9.78. The molecule has 3 rings (SSSR count). The quantitative estimate of drug-likeness (QED) is 0.509. The Morgan fingerprint density at radius 3 is 2.50 bits per heavy atom. The van der Waals surface area contributed by atoms with Crippen molar-refractivity contribution < 1.29 is 14.4 Å². The van der Waals surface area contributed by atoms with Crippen molar-refractivity contribution in [1.29, 1.82) is 0 Å². The zero-order valence-corrected chi connectivity index (χ0v) is 17.7. The molecule has 1 heterocycles. The van der Waals surface area contributed by atoms with Gasteiger partial charge in [0, 0.05) is 22.9 Å². The van der Waals surface area contributed by atoms with Gasteiger partial charge in [-0.05, 0) is 48.9 Å². The summed E-state index contributed by atoms with van der Waals surface area (Å²) in [7, 11) is 0. The predicted octanol–water partition coefficient (Wildman–Crippen LogP) is 2.79. The molecule has 28 heavy (non-hydrogen) atoms. The summed E-state index contributed by atoms with van der Waals surface area (Å²) in [6.07, 6.45) is 3.47. The van der Waals surface area contributed by atoms with Crippen molar-refractivity contribution in [3.05, 3.63) is 64.1 Å². The number of hydrazone groups is 1. The number of likely N-dealkylation sites (tertiary alicyclic amines) is 1. The molecule has 2 N–H and O–H groups in total. The van der Waals surface area contributed by atoms with E-state index in [1.165, 1.54) is 10.5 Å². The van der Waals surface area contributed by atoms with Crippen LogP contribution in [0.15, 0.2) is 58.1 Å². The maximum absolute atomic E-state index is 12.4. The Kier molecular flexibility index (Phi) is 7.62. The van der Waals surface area contributed by atoms with Crippen LogP contribution in [0.25, 0.3) is 0 Å². The van der Waals surface area contributed by atoms with E-state index in [0.29, 0.717) is 6.61 Å². The van der Waals surface area contributed by atoms with Crippen molar-refractivity contribution in [2.24, 2.45) is 11.0 Å². The lowest BCUT2D eigenvalue weighted by Crippen LogP contribution is -3.11. The standard InChI is InChI=1S/C22H26BrN3O2/c1-2-28-21-9-5-17(6-10-21)15-24-25-22(27)19-11-13-26(14-12-19)16-18-3-7-20(23)8-4-18/h3-10,15,19H,2,11-14,16H2,1H3,(H,25,27)/p+1/b24-15-. The Morgan fingerprint density at radius 1 is 1.18 bits per heavy atom. The van der Waals surface area contributed by atoms with Crippen LogP contribution in [0, 0.1) is 5.92 Å². The number of hydrogen-bond donors (Lipinski definition) is 2. The van der Waals surface area contributed by atoms with Gasteiger partial charge in [-0.1, -0.05) is 28.1 Å². The van der Waals surface area contributed by atoms with Crippen molar-refractivity contribution in [3.63, 3.8) is 0 Å². The molecule has 0 spiro atoms. The molecule has 6 heteroatoms. The molecule has 0 aromatic heterocycles. The highest BCUT2D eigenvalue weighted by molar-refractivity contribution is 9.10. The molecule has 2 aromatic carbocycles. The maximum atomic E-state index is 12.4. The van der Waals surface area contributed by atoms with Gasteiger partial charge in [0.1, 0.15) is 12.3 Å². The first-order valence-corrected chi connectivity index (χ1v) is 10.6. The Bertz CT molecular complexity index is 782. The van der Waals surface area contributed by atoms with E-state index < -0.39 is 0 Å². The zero-order valence-electron chi connectivity index (χ0n) is 16.2. The van der Waals surface area contributed by atoms with Gasteiger partial charge >= 0.3 is 0 Å². The lowest BCUT2D eigenvalue weighted by atomic mass is 9.96. The number of quaternary nitrogens is 1. The minimum Gasteiger partial charge on any atom is -0.494 e. The first kappa shape index (κ1) is 20.6. The Morgan fingerprint density at radius 2 is 1.86 bits per heavy atom. The van der Waals surface area contributed by atoms with Crippen LogP contribution in [0.4, 0.5) is 0 Å². The van der Waals surface area contributed by atoms with Gasteiger partial charge in [-0.25, -0.2) is 5.43 Å². The van der Waals surface area contributed by atoms with Gasteiger partial charge in [0.2, 0.25) is 5.91 Å². The number of nitrogens with one attached hydrogen (secondary N) is 2. The molecular formula is C22H27BrN3O2+. The first-order chi connectivity index (χ1) is 13.6. The van der Waals surface area contributed by atoms with Gasteiger partial charge in [-0.3, -0.25) is 4.79 Å². The molecule has 0 saturated carbocycles. The number of benzene rings is 2. The Balaban J connectivity index is 1.41. The average molecular weight is 445 g/mol. The summed E-state index contributed by atoms with van der Waals surface area (Å²) < 4.78 is 6.52. The summed E-state index contributed by atoms with van der Waals surface area (Å²) >= 11 is 3.47. The molecule has 148 valence electrons. The predicted molar refractivity (Wildman–Crippen MR) is 115 cm³/mol. The summed E-state index contributed by atoms with van der Waals surface area (Å²) in [5, 5.41) is 4.11. The van der Waals surface area contributed by atoms with Gasteiger partial charge < -0.3 is 9.64 Å². The zero-order chi connectivity index (χ0) is 19.8. The summed E-state index contributed by atoms with van der Waals surface area (Å²) in [5.74, 6) is 0.900. The van der Waals surface area contributed by atoms with Gasteiger partial charge in [0.25, 0.3) is 0 Å². The number of carbonyl (C=O) groups is 1. The molecule has 1 saturated heterocycles. The van der Waals surface area contributed by atoms with Crippen LogP contribution < -0.4 is 15.1 Å². The number of hydrogen-bond acceptors (Lipinski definition) is 3. The van der Waals surface area contributed by atoms with Crippen LogP contribution in [0.3, 0.4) is 0 Å². The van der Waals surface area contributed by atoms with Crippen LogP contribution in [0.5, 0.6) is 5.75 Å². The fourth-order valence-electron chi connectivity index (χ4n) is 3.43. The monoisotopic (exact) mass is 444 g/mol. The topological polar surface area (TPSA) is 55.1 Å². The number of rotatable bonds is 7. The lowest BCUT2D eigenvalue weighted by molar-refractivity contribution is -0.919. The second kappa shape index (κ2) is 10.4. The van der Waals surface area contributed by atoms with Crippen molar-refractivity contribution in [2.45, 2.75) is 26.3 Å². The van der Waals surface area contributed by atoms with E-state index in [0.717, 1.165) is 48.3 Å². The van der Waals surface area contributed by atoms with E-state index in [1.54, 1.807) is 6.21 Å². The average Bonchev–Trinajstić information content (AvgIpc) is 2.72. The fraction of sp³-hybridized carbons (Fsp3) is 0.364. The van der Waals surface area contributed by atoms with Crippen molar-refractivity contribution >= 4 is 28.1 Å². The molecule has 5 nitrogen and oxygen atoms in total. The minimum atomic E-state index is 0.0184. The van der Waals surface area contributed by atoms with Crippen LogP contribution in [-0.2, 0) is 11.3 Å². The summed E-state index contributed by atoms with van der Waals surface area (Å²) in [6, 6.07) is 16.1. The van der Waals surface area contributed by atoms with Gasteiger partial charge in [-0.15, -0.1) is 0 Å². The normalized spacial score (nSPS) is 19.5. The van der Waals surface area contributed by atoms with Crippen LogP contribution in [0.2, 0.25) is 0 Å². The molecule has 1 aliphatic rings. The van der Waals surface area contributed by atoms with Crippen LogP contribution in [-0.4, -0.2) is 31.8 Å². The fourth-order valence-corrected chi connectivity index (χ4v) is 3.70. The third-order valence-corrected chi connectivity index (χ3v) is 5.54. The van der Waals surface area contributed by atoms with Gasteiger partial charge in [0.05, 0.1) is 31.8 Å². The van der Waals surface area contributed by atoms with E-state index in [4.69, 9.17) is 4.74 Å². The van der Waals surface area contributed by atoms with Gasteiger partial charge in [-0.2, -0.15) is 5.10 Å². The van der Waals surface area contributed by atoms with E-state index in [2.05, 4.69) is 50.7 Å². The van der Waals surface area contributed by atoms with Gasteiger partial charge in [0.15, 0.2) is 0 Å². The number of piperidine rings is 1. The van der Waals surface area contributed by atoms with E-state index >= 15 is 0 Å². The highest BCUT2D eigenvalue weighted by Crippen LogP contribution is 2.13. The van der Waals surface area contributed by atoms with E-state index in [1.807, 2.05) is 31.2 Å². The number of halogens is 1. The second-order valence-electron chi connectivity index (χ2n) is 7.06. The molecular weight excluding hydrogens is 418 g/mol. The van der Waals surface area contributed by atoms with Crippen LogP contribution in [0.1, 0.15) is 30.9 Å². The molecule has 0 aliphatic carbocycles. The molecule has 0 bridgehead atoms. The number of ether oxygens (including phenoxy) is 1. The minimum absolute atomic E-state index is 0.0184.